The van der Waals surface area contributed by atoms with Crippen molar-refractivity contribution in [3.63, 3.8) is 0 Å². The Labute approximate surface area is 145 Å². The summed E-state index contributed by atoms with van der Waals surface area (Å²) < 4.78 is 6.20. The van der Waals surface area contributed by atoms with Crippen molar-refractivity contribution in [3.05, 3.63) is 29.8 Å². The van der Waals surface area contributed by atoms with E-state index >= 15 is 0 Å². The number of rotatable bonds is 8. The summed E-state index contributed by atoms with van der Waals surface area (Å²) in [6.45, 7) is 6.52. The first kappa shape index (κ1) is 18.7. The fourth-order valence-corrected chi connectivity index (χ4v) is 2.92. The van der Waals surface area contributed by atoms with E-state index in [1.54, 1.807) is 6.92 Å². The van der Waals surface area contributed by atoms with Crippen molar-refractivity contribution in [3.8, 4) is 5.75 Å². The standard InChI is InChI=1S/C19H30N2O3/c1-3-4-8-17-14-21(11-10-19(23)20-12-15(2)22)13-16-7-5-6-9-18(16)24-17/h5-7,9,15,17,22H,3-4,8,10-14H2,1-2H3,(H,20,23)/t15-,17-/m1/s1. The predicted octanol–water partition coefficient (Wildman–Crippen LogP) is 2.33. The second kappa shape index (κ2) is 9.64. The summed E-state index contributed by atoms with van der Waals surface area (Å²) in [5.74, 6) is 0.958. The molecule has 1 aromatic rings. The van der Waals surface area contributed by atoms with E-state index < -0.39 is 6.10 Å². The van der Waals surface area contributed by atoms with Gasteiger partial charge in [0.15, 0.2) is 0 Å². The maximum Gasteiger partial charge on any atom is 0.221 e. The third kappa shape index (κ3) is 6.13. The van der Waals surface area contributed by atoms with Crippen LogP contribution in [0.5, 0.6) is 5.75 Å². The number of aliphatic hydroxyl groups excluding tert-OH is 1. The Morgan fingerprint density at radius 3 is 3.00 bits per heavy atom. The molecule has 5 heteroatoms. The van der Waals surface area contributed by atoms with Crippen molar-refractivity contribution in [2.24, 2.45) is 0 Å². The zero-order chi connectivity index (χ0) is 17.4. The van der Waals surface area contributed by atoms with Gasteiger partial charge in [0.25, 0.3) is 0 Å². The fraction of sp³-hybridized carbons (Fsp3) is 0.632. The van der Waals surface area contributed by atoms with E-state index in [1.807, 2.05) is 18.2 Å². The summed E-state index contributed by atoms with van der Waals surface area (Å²) in [6.07, 6.45) is 3.45. The Morgan fingerprint density at radius 2 is 2.25 bits per heavy atom. The number of fused-ring (bicyclic) bond motifs is 1. The van der Waals surface area contributed by atoms with E-state index in [2.05, 4.69) is 23.2 Å². The summed E-state index contributed by atoms with van der Waals surface area (Å²) in [5.41, 5.74) is 1.18. The van der Waals surface area contributed by atoms with Gasteiger partial charge < -0.3 is 15.2 Å². The van der Waals surface area contributed by atoms with Gasteiger partial charge in [-0.15, -0.1) is 0 Å². The van der Waals surface area contributed by atoms with E-state index in [1.165, 1.54) is 5.56 Å². The number of benzene rings is 1. The zero-order valence-electron chi connectivity index (χ0n) is 14.8. The van der Waals surface area contributed by atoms with Crippen LogP contribution in [-0.2, 0) is 11.3 Å². The topological polar surface area (TPSA) is 61.8 Å². The summed E-state index contributed by atoms with van der Waals surface area (Å²) in [7, 11) is 0. The average molecular weight is 334 g/mol. The van der Waals surface area contributed by atoms with Gasteiger partial charge in [0.2, 0.25) is 5.91 Å². The van der Waals surface area contributed by atoms with E-state index in [4.69, 9.17) is 4.74 Å². The van der Waals surface area contributed by atoms with Gasteiger partial charge in [-0.25, -0.2) is 0 Å². The highest BCUT2D eigenvalue weighted by Gasteiger charge is 2.22. The van der Waals surface area contributed by atoms with Crippen LogP contribution in [0.1, 0.15) is 45.1 Å². The highest BCUT2D eigenvalue weighted by Crippen LogP contribution is 2.26. The highest BCUT2D eigenvalue weighted by molar-refractivity contribution is 5.76. The van der Waals surface area contributed by atoms with Gasteiger partial charge in [0.1, 0.15) is 11.9 Å². The molecule has 134 valence electrons. The lowest BCUT2D eigenvalue weighted by Crippen LogP contribution is -2.37. The van der Waals surface area contributed by atoms with Crippen LogP contribution in [0.2, 0.25) is 0 Å². The van der Waals surface area contributed by atoms with Crippen LogP contribution < -0.4 is 10.1 Å². The van der Waals surface area contributed by atoms with Gasteiger partial charge in [-0.3, -0.25) is 9.69 Å². The van der Waals surface area contributed by atoms with Crippen LogP contribution in [0, 0.1) is 0 Å². The Balaban J connectivity index is 1.94. The summed E-state index contributed by atoms with van der Waals surface area (Å²) >= 11 is 0. The SMILES string of the molecule is CCCC[C@@H]1CN(CCC(=O)NC[C@@H](C)O)Cc2ccccc2O1. The molecule has 2 atom stereocenters. The first-order valence-corrected chi connectivity index (χ1v) is 9.00. The average Bonchev–Trinajstić information content (AvgIpc) is 2.74. The maximum atomic E-state index is 11.9. The molecule has 1 aliphatic rings. The molecular formula is C19H30N2O3. The molecule has 0 spiro atoms. The monoisotopic (exact) mass is 334 g/mol. The number of amides is 1. The lowest BCUT2D eigenvalue weighted by molar-refractivity contribution is -0.121. The molecule has 1 aromatic carbocycles. The van der Waals surface area contributed by atoms with Crippen molar-refractivity contribution in [2.75, 3.05) is 19.6 Å². The van der Waals surface area contributed by atoms with Crippen molar-refractivity contribution >= 4 is 5.91 Å². The van der Waals surface area contributed by atoms with Crippen LogP contribution in [0.15, 0.2) is 24.3 Å². The molecule has 2 rings (SSSR count). The Bertz CT molecular complexity index is 519. The smallest absolute Gasteiger partial charge is 0.221 e. The molecule has 2 N–H and O–H groups in total. The number of nitrogens with one attached hydrogen (secondary N) is 1. The number of carbonyl (C=O) groups excluding carboxylic acids is 1. The molecule has 0 aliphatic carbocycles. The van der Waals surface area contributed by atoms with Gasteiger partial charge in [0.05, 0.1) is 6.10 Å². The van der Waals surface area contributed by atoms with Crippen molar-refractivity contribution in [1.29, 1.82) is 0 Å². The molecule has 0 unspecified atom stereocenters. The second-order valence-electron chi connectivity index (χ2n) is 6.63. The molecule has 1 heterocycles. The molecule has 0 saturated heterocycles. The molecule has 0 aromatic heterocycles. The minimum atomic E-state index is -0.508. The lowest BCUT2D eigenvalue weighted by Gasteiger charge is -2.23. The van der Waals surface area contributed by atoms with E-state index in [0.29, 0.717) is 19.5 Å². The first-order valence-electron chi connectivity index (χ1n) is 9.00. The number of ether oxygens (including phenoxy) is 1. The van der Waals surface area contributed by atoms with Crippen LogP contribution >= 0.6 is 0 Å². The van der Waals surface area contributed by atoms with E-state index in [-0.39, 0.29) is 12.0 Å². The number of nitrogens with zero attached hydrogens (tertiary/aromatic N) is 1. The number of aliphatic hydroxyl groups is 1. The van der Waals surface area contributed by atoms with Gasteiger partial charge in [-0.05, 0) is 25.8 Å². The van der Waals surface area contributed by atoms with Crippen LogP contribution in [-0.4, -0.2) is 47.8 Å². The number of hydrogen-bond acceptors (Lipinski definition) is 4. The summed E-state index contributed by atoms with van der Waals surface area (Å²) in [4.78, 5) is 14.2. The van der Waals surface area contributed by atoms with Gasteiger partial charge in [-0.1, -0.05) is 31.5 Å². The Kier molecular flexibility index (Phi) is 7.53. The first-order chi connectivity index (χ1) is 11.6. The van der Waals surface area contributed by atoms with E-state index in [9.17, 15) is 9.90 Å². The second-order valence-corrected chi connectivity index (χ2v) is 6.63. The van der Waals surface area contributed by atoms with E-state index in [0.717, 1.165) is 38.1 Å². The molecule has 0 radical (unpaired) electrons. The van der Waals surface area contributed by atoms with Crippen molar-refractivity contribution in [2.45, 2.75) is 58.3 Å². The van der Waals surface area contributed by atoms with Crippen LogP contribution in [0.4, 0.5) is 0 Å². The molecule has 24 heavy (non-hydrogen) atoms. The minimum absolute atomic E-state index is 0.0144. The van der Waals surface area contributed by atoms with Gasteiger partial charge in [-0.2, -0.15) is 0 Å². The van der Waals surface area contributed by atoms with Crippen LogP contribution in [0.3, 0.4) is 0 Å². The number of para-hydroxylation sites is 1. The molecule has 0 bridgehead atoms. The molecule has 1 aliphatic heterocycles. The fourth-order valence-electron chi connectivity index (χ4n) is 2.92. The molecule has 1 amide bonds. The zero-order valence-corrected chi connectivity index (χ0v) is 14.8. The number of hydrogen-bond donors (Lipinski definition) is 2. The summed E-state index contributed by atoms with van der Waals surface area (Å²) in [6, 6.07) is 8.17. The largest absolute Gasteiger partial charge is 0.489 e. The maximum absolute atomic E-state index is 11.9. The molecule has 5 nitrogen and oxygen atoms in total. The lowest BCUT2D eigenvalue weighted by atomic mass is 10.1. The van der Waals surface area contributed by atoms with Crippen molar-refractivity contribution in [1.82, 2.24) is 10.2 Å². The normalized spacial score (nSPS) is 19.0. The molecule has 0 saturated carbocycles. The quantitative estimate of drug-likeness (QED) is 0.766. The Hall–Kier alpha value is -1.59. The highest BCUT2D eigenvalue weighted by atomic mass is 16.5. The third-order valence-corrected chi connectivity index (χ3v) is 4.25. The number of carbonyl (C=O) groups is 1. The predicted molar refractivity (Wildman–Crippen MR) is 95.0 cm³/mol. The van der Waals surface area contributed by atoms with Crippen molar-refractivity contribution < 1.29 is 14.6 Å². The van der Waals surface area contributed by atoms with Gasteiger partial charge in [0, 0.05) is 38.2 Å². The number of unbranched alkanes of at least 4 members (excludes halogenated alkanes) is 1. The third-order valence-electron chi connectivity index (χ3n) is 4.25. The minimum Gasteiger partial charge on any atom is -0.489 e. The molecular weight excluding hydrogens is 304 g/mol. The molecule has 0 fully saturated rings. The Morgan fingerprint density at radius 1 is 1.46 bits per heavy atom. The summed E-state index contributed by atoms with van der Waals surface area (Å²) in [5, 5.41) is 12.0. The van der Waals surface area contributed by atoms with Crippen LogP contribution in [0.25, 0.3) is 0 Å². The van der Waals surface area contributed by atoms with Gasteiger partial charge >= 0.3 is 0 Å².